The van der Waals surface area contributed by atoms with Crippen LogP contribution in [0.1, 0.15) is 29.8 Å². The van der Waals surface area contributed by atoms with Crippen LogP contribution in [0.3, 0.4) is 0 Å². The number of ether oxygens (including phenoxy) is 2. The van der Waals surface area contributed by atoms with Crippen molar-refractivity contribution in [1.29, 1.82) is 0 Å². The second-order valence-electron chi connectivity index (χ2n) is 5.50. The fourth-order valence-electron chi connectivity index (χ4n) is 2.51. The van der Waals surface area contributed by atoms with E-state index in [1.165, 1.54) is 10.7 Å². The molecular weight excluding hydrogens is 320 g/mol. The van der Waals surface area contributed by atoms with E-state index in [-0.39, 0.29) is 11.8 Å². The number of hydrogen-bond donors (Lipinski definition) is 1. The zero-order chi connectivity index (χ0) is 16.6. The molecule has 0 atom stereocenters. The normalized spacial score (nSPS) is 14.4. The molecule has 0 radical (unpaired) electrons. The topological polar surface area (TPSA) is 73.6 Å². The molecule has 0 aliphatic heterocycles. The maximum absolute atomic E-state index is 11.1. The monoisotopic (exact) mass is 336 g/mol. The zero-order valence-corrected chi connectivity index (χ0v) is 13.6. The van der Waals surface area contributed by atoms with E-state index in [1.807, 2.05) is 0 Å². The predicted molar refractivity (Wildman–Crippen MR) is 85.4 cm³/mol. The Kier molecular flexibility index (Phi) is 4.17. The molecule has 3 rings (SSSR count). The van der Waals surface area contributed by atoms with E-state index < -0.39 is 5.97 Å². The lowest BCUT2D eigenvalue weighted by atomic mass is 9.96. The van der Waals surface area contributed by atoms with Gasteiger partial charge in [-0.25, -0.2) is 4.79 Å². The Labute approximate surface area is 138 Å². The highest BCUT2D eigenvalue weighted by molar-refractivity contribution is 6.31. The molecule has 2 aromatic rings. The summed E-state index contributed by atoms with van der Waals surface area (Å²) in [5.74, 6) is 0.0151. The highest BCUT2D eigenvalue weighted by atomic mass is 35.5. The van der Waals surface area contributed by atoms with Gasteiger partial charge in [0.15, 0.2) is 17.2 Å². The lowest BCUT2D eigenvalue weighted by Gasteiger charge is -2.28. The molecule has 23 heavy (non-hydrogen) atoms. The smallest absolute Gasteiger partial charge is 0.356 e. The van der Waals surface area contributed by atoms with Crippen molar-refractivity contribution in [2.45, 2.75) is 25.4 Å². The number of halogens is 1. The second-order valence-corrected chi connectivity index (χ2v) is 5.94. The summed E-state index contributed by atoms with van der Waals surface area (Å²) < 4.78 is 13.0. The maximum atomic E-state index is 11.1. The molecule has 6 nitrogen and oxygen atoms in total. The Balaban J connectivity index is 2.12. The van der Waals surface area contributed by atoms with Crippen LogP contribution in [0.5, 0.6) is 11.5 Å². The van der Waals surface area contributed by atoms with Gasteiger partial charge in [0.25, 0.3) is 0 Å². The van der Waals surface area contributed by atoms with Crippen molar-refractivity contribution < 1.29 is 19.4 Å². The van der Waals surface area contributed by atoms with Crippen LogP contribution in [-0.4, -0.2) is 34.1 Å². The second kappa shape index (κ2) is 6.12. The fraction of sp³-hybridized carbons (Fsp3) is 0.375. The van der Waals surface area contributed by atoms with Crippen LogP contribution < -0.4 is 9.47 Å². The Hall–Kier alpha value is -2.21. The van der Waals surface area contributed by atoms with E-state index >= 15 is 0 Å². The molecule has 1 saturated carbocycles. The minimum atomic E-state index is -1.08. The van der Waals surface area contributed by atoms with Gasteiger partial charge >= 0.3 is 5.97 Å². The lowest BCUT2D eigenvalue weighted by Crippen LogP contribution is -2.25. The van der Waals surface area contributed by atoms with Crippen LogP contribution in [0.2, 0.25) is 5.02 Å². The third-order valence-electron chi connectivity index (χ3n) is 3.95. The van der Waals surface area contributed by atoms with Crippen LogP contribution in [0.25, 0.3) is 11.3 Å². The van der Waals surface area contributed by atoms with Gasteiger partial charge < -0.3 is 14.6 Å². The number of methoxy groups -OCH3 is 1. The summed E-state index contributed by atoms with van der Waals surface area (Å²) in [6.45, 7) is 0. The Morgan fingerprint density at radius 1 is 1.39 bits per heavy atom. The van der Waals surface area contributed by atoms with E-state index in [9.17, 15) is 4.79 Å². The number of hydrogen-bond acceptors (Lipinski definition) is 4. The zero-order valence-electron chi connectivity index (χ0n) is 12.9. The summed E-state index contributed by atoms with van der Waals surface area (Å²) >= 11 is 6.18. The largest absolute Gasteiger partial charge is 0.493 e. The Morgan fingerprint density at radius 2 is 2.13 bits per heavy atom. The van der Waals surface area contributed by atoms with Crippen molar-refractivity contribution in [3.63, 3.8) is 0 Å². The molecule has 122 valence electrons. The molecule has 0 unspecified atom stereocenters. The SMILES string of the molecule is COc1cc(Cl)cc(-c2cc(C(=O)O)nn2C)c1OC1CCC1. The average Bonchev–Trinajstić information content (AvgIpc) is 2.85. The van der Waals surface area contributed by atoms with E-state index in [0.29, 0.717) is 27.8 Å². The number of carbonyl (C=O) groups is 1. The predicted octanol–water partition coefficient (Wildman–Crippen LogP) is 3.38. The summed E-state index contributed by atoms with van der Waals surface area (Å²) in [6, 6.07) is 4.93. The third kappa shape index (κ3) is 2.99. The summed E-state index contributed by atoms with van der Waals surface area (Å²) in [6.07, 6.45) is 3.29. The Bertz CT molecular complexity index is 753. The standard InChI is InChI=1S/C16H17ClN2O4/c1-19-13(8-12(18-19)16(20)21)11-6-9(17)7-14(22-2)15(11)23-10-4-3-5-10/h6-8,10H,3-5H2,1-2H3,(H,20,21). The molecule has 0 bridgehead atoms. The van der Waals surface area contributed by atoms with E-state index in [0.717, 1.165) is 19.3 Å². The van der Waals surface area contributed by atoms with Gasteiger partial charge in [-0.05, 0) is 31.4 Å². The lowest BCUT2D eigenvalue weighted by molar-refractivity contribution is 0.0689. The minimum absolute atomic E-state index is 0.0314. The number of rotatable bonds is 5. The molecular formula is C16H17ClN2O4. The first-order valence-electron chi connectivity index (χ1n) is 7.31. The number of aromatic nitrogens is 2. The molecule has 7 heteroatoms. The number of aryl methyl sites for hydroxylation is 1. The molecule has 1 N–H and O–H groups in total. The first kappa shape index (κ1) is 15.7. The Morgan fingerprint density at radius 3 is 2.65 bits per heavy atom. The van der Waals surface area contributed by atoms with Gasteiger partial charge in [-0.1, -0.05) is 11.6 Å². The minimum Gasteiger partial charge on any atom is -0.493 e. The maximum Gasteiger partial charge on any atom is 0.356 e. The van der Waals surface area contributed by atoms with E-state index in [4.69, 9.17) is 26.2 Å². The molecule has 1 aliphatic carbocycles. The number of carboxylic acids is 1. The molecule has 1 aliphatic rings. The highest BCUT2D eigenvalue weighted by Gasteiger charge is 2.25. The molecule has 1 fully saturated rings. The van der Waals surface area contributed by atoms with Gasteiger partial charge in [0.2, 0.25) is 0 Å². The van der Waals surface area contributed by atoms with E-state index in [2.05, 4.69) is 5.10 Å². The molecule has 0 saturated heterocycles. The number of carboxylic acid groups (broad SMARTS) is 1. The first-order valence-corrected chi connectivity index (χ1v) is 7.69. The van der Waals surface area contributed by atoms with Crippen LogP contribution in [0.4, 0.5) is 0 Å². The quantitative estimate of drug-likeness (QED) is 0.906. The van der Waals surface area contributed by atoms with Gasteiger partial charge in [-0.2, -0.15) is 5.10 Å². The number of aromatic carboxylic acids is 1. The van der Waals surface area contributed by atoms with Crippen LogP contribution in [-0.2, 0) is 7.05 Å². The third-order valence-corrected chi connectivity index (χ3v) is 4.17. The van der Waals surface area contributed by atoms with Crippen molar-refractivity contribution in [1.82, 2.24) is 9.78 Å². The number of nitrogens with zero attached hydrogens (tertiary/aromatic N) is 2. The van der Waals surface area contributed by atoms with Crippen LogP contribution >= 0.6 is 11.6 Å². The van der Waals surface area contributed by atoms with Crippen molar-refractivity contribution in [3.8, 4) is 22.8 Å². The van der Waals surface area contributed by atoms with Crippen LogP contribution in [0, 0.1) is 0 Å². The first-order chi connectivity index (χ1) is 11.0. The molecule has 1 heterocycles. The van der Waals surface area contributed by atoms with E-state index in [1.54, 1.807) is 26.3 Å². The fourth-order valence-corrected chi connectivity index (χ4v) is 2.72. The van der Waals surface area contributed by atoms with Gasteiger partial charge in [0.1, 0.15) is 0 Å². The van der Waals surface area contributed by atoms with Crippen LogP contribution in [0.15, 0.2) is 18.2 Å². The molecule has 0 spiro atoms. The van der Waals surface area contributed by atoms with Gasteiger partial charge in [-0.3, -0.25) is 4.68 Å². The van der Waals surface area contributed by atoms with Crippen molar-refractivity contribution >= 4 is 17.6 Å². The average molecular weight is 337 g/mol. The summed E-state index contributed by atoms with van der Waals surface area (Å²) in [5.41, 5.74) is 1.25. The molecule has 1 aromatic carbocycles. The van der Waals surface area contributed by atoms with Crippen molar-refractivity contribution in [2.75, 3.05) is 7.11 Å². The van der Waals surface area contributed by atoms with Gasteiger partial charge in [0, 0.05) is 23.7 Å². The van der Waals surface area contributed by atoms with Gasteiger partial charge in [0.05, 0.1) is 18.9 Å². The number of benzene rings is 1. The molecule has 1 aromatic heterocycles. The summed E-state index contributed by atoms with van der Waals surface area (Å²) in [4.78, 5) is 11.1. The van der Waals surface area contributed by atoms with Gasteiger partial charge in [-0.15, -0.1) is 0 Å². The van der Waals surface area contributed by atoms with Crippen molar-refractivity contribution in [3.05, 3.63) is 28.9 Å². The molecule has 0 amide bonds. The summed E-state index contributed by atoms with van der Waals surface area (Å²) in [7, 11) is 3.23. The summed E-state index contributed by atoms with van der Waals surface area (Å²) in [5, 5.41) is 13.6. The highest BCUT2D eigenvalue weighted by Crippen LogP contribution is 2.43. The van der Waals surface area contributed by atoms with Crippen molar-refractivity contribution in [2.24, 2.45) is 7.05 Å².